The van der Waals surface area contributed by atoms with Crippen molar-refractivity contribution in [3.05, 3.63) is 28.0 Å². The van der Waals surface area contributed by atoms with Crippen molar-refractivity contribution in [2.75, 3.05) is 7.11 Å². The fraction of sp³-hybridized carbons (Fsp3) is 0.467. The number of ether oxygens (including phenoxy) is 1. The fourth-order valence-corrected chi connectivity index (χ4v) is 3.73. The number of fused-ring (bicyclic) bond motifs is 1. The summed E-state index contributed by atoms with van der Waals surface area (Å²) in [5.41, 5.74) is 2.10. The van der Waals surface area contributed by atoms with E-state index >= 15 is 0 Å². The van der Waals surface area contributed by atoms with E-state index in [1.807, 2.05) is 0 Å². The lowest BCUT2D eigenvalue weighted by Crippen LogP contribution is -2.03. The number of methoxy groups -OCH3 is 1. The standard InChI is InChI=1S/C15H17NO3S/c1-3-5-10-13(15(17)18-2)19-14(16-10)12-8-9-6-4-7-11(9)20-12/h8H,3-7H2,1-2H3. The zero-order chi connectivity index (χ0) is 14.1. The molecule has 2 aromatic heterocycles. The molecule has 0 fully saturated rings. The van der Waals surface area contributed by atoms with Crippen molar-refractivity contribution >= 4 is 17.3 Å². The average molecular weight is 291 g/mol. The van der Waals surface area contributed by atoms with Crippen LogP contribution in [0.4, 0.5) is 0 Å². The van der Waals surface area contributed by atoms with Crippen LogP contribution in [0, 0.1) is 0 Å². The summed E-state index contributed by atoms with van der Waals surface area (Å²) in [5, 5.41) is 0. The molecule has 20 heavy (non-hydrogen) atoms. The van der Waals surface area contributed by atoms with Crippen LogP contribution in [-0.4, -0.2) is 18.1 Å². The topological polar surface area (TPSA) is 52.3 Å². The van der Waals surface area contributed by atoms with Gasteiger partial charge in [0.25, 0.3) is 0 Å². The maximum absolute atomic E-state index is 11.7. The Morgan fingerprint density at radius 1 is 1.50 bits per heavy atom. The maximum Gasteiger partial charge on any atom is 0.376 e. The minimum Gasteiger partial charge on any atom is -0.463 e. The van der Waals surface area contributed by atoms with E-state index in [0.717, 1.165) is 30.6 Å². The molecule has 0 unspecified atom stereocenters. The molecule has 4 nitrogen and oxygen atoms in total. The van der Waals surface area contributed by atoms with Crippen LogP contribution >= 0.6 is 11.3 Å². The highest BCUT2D eigenvalue weighted by molar-refractivity contribution is 7.15. The van der Waals surface area contributed by atoms with Gasteiger partial charge in [-0.25, -0.2) is 9.78 Å². The van der Waals surface area contributed by atoms with Crippen molar-refractivity contribution in [3.63, 3.8) is 0 Å². The number of esters is 1. The van der Waals surface area contributed by atoms with E-state index in [1.165, 1.54) is 24.0 Å². The number of aryl methyl sites for hydroxylation is 3. The molecule has 0 spiro atoms. The summed E-state index contributed by atoms with van der Waals surface area (Å²) in [6, 6.07) is 2.15. The first-order valence-electron chi connectivity index (χ1n) is 6.93. The fourth-order valence-electron chi connectivity index (χ4n) is 2.55. The SMILES string of the molecule is CCCc1nc(-c2cc3c(s2)CCC3)oc1C(=O)OC. The molecule has 0 aromatic carbocycles. The third kappa shape index (κ3) is 2.26. The predicted molar refractivity (Wildman–Crippen MR) is 77.2 cm³/mol. The lowest BCUT2D eigenvalue weighted by molar-refractivity contribution is 0.0564. The molecule has 106 valence electrons. The molecule has 0 bridgehead atoms. The first kappa shape index (κ1) is 13.4. The van der Waals surface area contributed by atoms with Gasteiger partial charge in [-0.1, -0.05) is 13.3 Å². The summed E-state index contributed by atoms with van der Waals surface area (Å²) < 4.78 is 10.4. The Morgan fingerprint density at radius 2 is 2.35 bits per heavy atom. The summed E-state index contributed by atoms with van der Waals surface area (Å²) in [6.07, 6.45) is 5.15. The largest absolute Gasteiger partial charge is 0.463 e. The second kappa shape index (κ2) is 5.40. The molecule has 0 amide bonds. The number of nitrogens with zero attached hydrogens (tertiary/aromatic N) is 1. The van der Waals surface area contributed by atoms with Crippen LogP contribution in [0.3, 0.4) is 0 Å². The number of oxazole rings is 1. The molecule has 3 rings (SSSR count). The van der Waals surface area contributed by atoms with E-state index in [2.05, 4.69) is 18.0 Å². The molecule has 0 saturated heterocycles. The Kier molecular flexibility index (Phi) is 3.61. The molecule has 0 aliphatic heterocycles. The van der Waals surface area contributed by atoms with E-state index in [9.17, 15) is 4.79 Å². The molecule has 0 N–H and O–H groups in total. The number of carbonyl (C=O) groups excluding carboxylic acids is 1. The summed E-state index contributed by atoms with van der Waals surface area (Å²) in [5.74, 6) is 0.349. The molecular formula is C15H17NO3S. The van der Waals surface area contributed by atoms with Gasteiger partial charge in [0.05, 0.1) is 17.7 Å². The van der Waals surface area contributed by atoms with Gasteiger partial charge in [-0.15, -0.1) is 11.3 Å². The molecule has 0 radical (unpaired) electrons. The van der Waals surface area contributed by atoms with E-state index in [0.29, 0.717) is 11.6 Å². The number of aromatic nitrogens is 1. The van der Waals surface area contributed by atoms with Gasteiger partial charge in [-0.2, -0.15) is 0 Å². The number of hydrogen-bond donors (Lipinski definition) is 0. The van der Waals surface area contributed by atoms with Gasteiger partial charge in [-0.05, 0) is 37.3 Å². The van der Waals surface area contributed by atoms with Gasteiger partial charge >= 0.3 is 5.97 Å². The second-order valence-electron chi connectivity index (χ2n) is 4.95. The highest BCUT2D eigenvalue weighted by Crippen LogP contribution is 2.37. The molecule has 5 heteroatoms. The minimum absolute atomic E-state index is 0.248. The highest BCUT2D eigenvalue weighted by Gasteiger charge is 2.23. The van der Waals surface area contributed by atoms with Crippen LogP contribution in [0.5, 0.6) is 0 Å². The predicted octanol–water partition coefficient (Wildman–Crippen LogP) is 3.63. The monoisotopic (exact) mass is 291 g/mol. The maximum atomic E-state index is 11.7. The Bertz CT molecular complexity index is 620. The second-order valence-corrected chi connectivity index (χ2v) is 6.09. The third-order valence-electron chi connectivity index (χ3n) is 3.51. The summed E-state index contributed by atoms with van der Waals surface area (Å²) in [7, 11) is 1.36. The average Bonchev–Trinajstić information content (AvgIpc) is 3.10. The first-order chi connectivity index (χ1) is 9.72. The van der Waals surface area contributed by atoms with Crippen molar-refractivity contribution in [1.29, 1.82) is 0 Å². The van der Waals surface area contributed by atoms with Crippen LogP contribution in [0.25, 0.3) is 10.8 Å². The van der Waals surface area contributed by atoms with E-state index in [1.54, 1.807) is 11.3 Å². The molecule has 1 aliphatic rings. The number of thiophene rings is 1. The molecule has 1 aliphatic carbocycles. The number of rotatable bonds is 4. The minimum atomic E-state index is -0.448. The van der Waals surface area contributed by atoms with E-state index < -0.39 is 5.97 Å². The van der Waals surface area contributed by atoms with Crippen molar-refractivity contribution < 1.29 is 13.9 Å². The lowest BCUT2D eigenvalue weighted by Gasteiger charge is -1.96. The summed E-state index contributed by atoms with van der Waals surface area (Å²) in [4.78, 5) is 18.7. The van der Waals surface area contributed by atoms with Gasteiger partial charge in [0.15, 0.2) is 0 Å². The molecule has 0 atom stereocenters. The first-order valence-corrected chi connectivity index (χ1v) is 7.74. The third-order valence-corrected chi connectivity index (χ3v) is 4.74. The lowest BCUT2D eigenvalue weighted by atomic mass is 10.2. The van der Waals surface area contributed by atoms with E-state index in [-0.39, 0.29) is 5.76 Å². The van der Waals surface area contributed by atoms with Crippen LogP contribution < -0.4 is 0 Å². The normalized spacial score (nSPS) is 13.5. The van der Waals surface area contributed by atoms with Gasteiger partial charge < -0.3 is 9.15 Å². The number of hydrogen-bond acceptors (Lipinski definition) is 5. The Hall–Kier alpha value is -1.62. The Morgan fingerprint density at radius 3 is 3.05 bits per heavy atom. The van der Waals surface area contributed by atoms with Crippen molar-refractivity contribution in [3.8, 4) is 10.8 Å². The zero-order valence-electron chi connectivity index (χ0n) is 11.7. The van der Waals surface area contributed by atoms with Crippen LogP contribution in [0.2, 0.25) is 0 Å². The van der Waals surface area contributed by atoms with Gasteiger partial charge in [0, 0.05) is 4.88 Å². The van der Waals surface area contributed by atoms with E-state index in [4.69, 9.17) is 9.15 Å². The summed E-state index contributed by atoms with van der Waals surface area (Å²) >= 11 is 1.73. The quantitative estimate of drug-likeness (QED) is 0.807. The van der Waals surface area contributed by atoms with Gasteiger partial charge in [-0.3, -0.25) is 0 Å². The Balaban J connectivity index is 1.98. The van der Waals surface area contributed by atoms with Crippen LogP contribution in [0.1, 0.15) is 46.5 Å². The molecular weight excluding hydrogens is 274 g/mol. The van der Waals surface area contributed by atoms with Crippen LogP contribution in [-0.2, 0) is 24.0 Å². The number of carbonyl (C=O) groups is 1. The van der Waals surface area contributed by atoms with Crippen molar-refractivity contribution in [2.45, 2.75) is 39.0 Å². The summed E-state index contributed by atoms with van der Waals surface area (Å²) in [6.45, 7) is 2.05. The molecule has 2 heterocycles. The van der Waals surface area contributed by atoms with Gasteiger partial charge in [0.1, 0.15) is 0 Å². The van der Waals surface area contributed by atoms with Gasteiger partial charge in [0.2, 0.25) is 11.7 Å². The Labute approximate surface area is 121 Å². The molecule has 2 aromatic rings. The molecule has 0 saturated carbocycles. The van der Waals surface area contributed by atoms with Crippen molar-refractivity contribution in [2.24, 2.45) is 0 Å². The van der Waals surface area contributed by atoms with Crippen molar-refractivity contribution in [1.82, 2.24) is 4.98 Å². The zero-order valence-corrected chi connectivity index (χ0v) is 12.5. The smallest absolute Gasteiger partial charge is 0.376 e. The van der Waals surface area contributed by atoms with Crippen LogP contribution in [0.15, 0.2) is 10.5 Å². The highest BCUT2D eigenvalue weighted by atomic mass is 32.1.